The van der Waals surface area contributed by atoms with Crippen LogP contribution in [0.25, 0.3) is 0 Å². The minimum Gasteiger partial charge on any atom is -0.389 e. The normalized spacial score (nSPS) is 31.3. The molecule has 0 radical (unpaired) electrons. The van der Waals surface area contributed by atoms with Gasteiger partial charge in [0.15, 0.2) is 5.25 Å². The third-order valence-electron chi connectivity index (χ3n) is 2.21. The molecule has 0 aromatic rings. The Hall–Kier alpha value is -0.680. The first-order chi connectivity index (χ1) is 6.39. The lowest BCUT2D eigenvalue weighted by Gasteiger charge is -2.16. The Balaban J connectivity index is 2.83. The van der Waals surface area contributed by atoms with Crippen molar-refractivity contribution in [1.29, 1.82) is 5.26 Å². The van der Waals surface area contributed by atoms with E-state index < -0.39 is 27.5 Å². The van der Waals surface area contributed by atoms with Gasteiger partial charge in [0.25, 0.3) is 0 Å². The molecule has 0 aliphatic carbocycles. The van der Waals surface area contributed by atoms with Gasteiger partial charge in [-0.15, -0.1) is 0 Å². The molecule has 0 saturated carbocycles. The van der Waals surface area contributed by atoms with E-state index in [-0.39, 0.29) is 13.1 Å². The van der Waals surface area contributed by atoms with Crippen LogP contribution in [0.2, 0.25) is 0 Å². The molecule has 1 aliphatic rings. The summed E-state index contributed by atoms with van der Waals surface area (Å²) in [6, 6.07) is 1.62. The summed E-state index contributed by atoms with van der Waals surface area (Å²) in [7, 11) is -3.70. The average Bonchev–Trinajstić information content (AvgIpc) is 2.46. The lowest BCUT2D eigenvalue weighted by Crippen LogP contribution is -2.36. The first-order valence-electron chi connectivity index (χ1n) is 4.14. The van der Waals surface area contributed by atoms with E-state index in [0.29, 0.717) is 0 Å². The molecule has 80 valence electrons. The number of aliphatic hydroxyl groups is 2. The molecule has 1 heterocycles. The highest BCUT2D eigenvalue weighted by Crippen LogP contribution is 2.17. The van der Waals surface area contributed by atoms with Gasteiger partial charge in [-0.05, 0) is 6.92 Å². The molecule has 0 spiro atoms. The molecule has 6 nitrogen and oxygen atoms in total. The van der Waals surface area contributed by atoms with Gasteiger partial charge in [-0.2, -0.15) is 9.57 Å². The quantitative estimate of drug-likeness (QED) is 0.575. The Morgan fingerprint density at radius 2 is 1.86 bits per heavy atom. The topological polar surface area (TPSA) is 102 Å². The zero-order chi connectivity index (χ0) is 10.9. The third kappa shape index (κ3) is 1.88. The van der Waals surface area contributed by atoms with Gasteiger partial charge in [-0.1, -0.05) is 0 Å². The van der Waals surface area contributed by atoms with Crippen molar-refractivity contribution in [1.82, 2.24) is 4.31 Å². The van der Waals surface area contributed by atoms with Crippen molar-refractivity contribution < 1.29 is 18.6 Å². The number of hydrogen-bond acceptors (Lipinski definition) is 5. The fraction of sp³-hybridized carbons (Fsp3) is 0.857. The fourth-order valence-corrected chi connectivity index (χ4v) is 2.53. The lowest BCUT2D eigenvalue weighted by atomic mass is 10.3. The standard InChI is InChI=1S/C7H12N2O4S/c1-5(2-8)14(12,13)9-3-6(10)7(11)4-9/h5-7,10-11H,3-4H2,1H3. The lowest BCUT2D eigenvalue weighted by molar-refractivity contribution is 0.0572. The molecule has 0 amide bonds. The molecule has 3 atom stereocenters. The minimum atomic E-state index is -3.70. The Morgan fingerprint density at radius 1 is 1.43 bits per heavy atom. The Labute approximate surface area is 82.4 Å². The van der Waals surface area contributed by atoms with Crippen LogP contribution in [0.15, 0.2) is 0 Å². The number of sulfonamides is 1. The average molecular weight is 220 g/mol. The van der Waals surface area contributed by atoms with E-state index in [2.05, 4.69) is 0 Å². The molecule has 1 rings (SSSR count). The molecule has 1 fully saturated rings. The van der Waals surface area contributed by atoms with Crippen LogP contribution in [0.1, 0.15) is 6.92 Å². The molecule has 3 unspecified atom stereocenters. The predicted octanol–water partition coefficient (Wildman–Crippen LogP) is -1.73. The fourth-order valence-electron chi connectivity index (χ4n) is 1.23. The van der Waals surface area contributed by atoms with Gasteiger partial charge in [0.1, 0.15) is 0 Å². The first-order valence-corrected chi connectivity index (χ1v) is 5.64. The van der Waals surface area contributed by atoms with Crippen molar-refractivity contribution >= 4 is 10.0 Å². The van der Waals surface area contributed by atoms with Crippen LogP contribution in [-0.4, -0.2) is 53.5 Å². The van der Waals surface area contributed by atoms with Gasteiger partial charge in [0, 0.05) is 13.1 Å². The molecule has 7 heteroatoms. The maximum absolute atomic E-state index is 11.5. The summed E-state index contributed by atoms with van der Waals surface area (Å²) in [5, 5.41) is 25.6. The molecular formula is C7H12N2O4S. The third-order valence-corrected chi connectivity index (χ3v) is 4.23. The van der Waals surface area contributed by atoms with E-state index >= 15 is 0 Å². The van der Waals surface area contributed by atoms with Crippen molar-refractivity contribution in [3.63, 3.8) is 0 Å². The SMILES string of the molecule is CC(C#N)S(=O)(=O)N1CC(O)C(O)C1. The van der Waals surface area contributed by atoms with Crippen LogP contribution in [0.3, 0.4) is 0 Å². The monoisotopic (exact) mass is 220 g/mol. The Morgan fingerprint density at radius 3 is 2.21 bits per heavy atom. The highest BCUT2D eigenvalue weighted by molar-refractivity contribution is 7.90. The smallest absolute Gasteiger partial charge is 0.230 e. The molecule has 1 saturated heterocycles. The van der Waals surface area contributed by atoms with Crippen LogP contribution in [-0.2, 0) is 10.0 Å². The van der Waals surface area contributed by atoms with Gasteiger partial charge in [0.2, 0.25) is 10.0 Å². The van der Waals surface area contributed by atoms with E-state index in [4.69, 9.17) is 15.5 Å². The summed E-state index contributed by atoms with van der Waals surface area (Å²) >= 11 is 0. The molecule has 0 aromatic heterocycles. The van der Waals surface area contributed by atoms with E-state index in [1.165, 1.54) is 6.92 Å². The van der Waals surface area contributed by atoms with Crippen molar-refractivity contribution in [2.24, 2.45) is 0 Å². The number of rotatable bonds is 2. The van der Waals surface area contributed by atoms with E-state index in [1.54, 1.807) is 6.07 Å². The highest BCUT2D eigenvalue weighted by Gasteiger charge is 2.39. The Kier molecular flexibility index (Phi) is 3.11. The number of hydrogen-bond donors (Lipinski definition) is 2. The summed E-state index contributed by atoms with van der Waals surface area (Å²) in [6.45, 7) is 0.984. The molecule has 2 N–H and O–H groups in total. The molecule has 1 aliphatic heterocycles. The zero-order valence-electron chi connectivity index (χ0n) is 7.66. The molecule has 0 bridgehead atoms. The summed E-state index contributed by atoms with van der Waals surface area (Å²) in [6.07, 6.45) is -2.12. The Bertz CT molecular complexity index is 337. The van der Waals surface area contributed by atoms with Gasteiger partial charge in [0.05, 0.1) is 18.3 Å². The number of aliphatic hydroxyl groups excluding tert-OH is 2. The summed E-state index contributed by atoms with van der Waals surface area (Å²) in [4.78, 5) is 0. The zero-order valence-corrected chi connectivity index (χ0v) is 8.48. The maximum Gasteiger partial charge on any atom is 0.230 e. The molecular weight excluding hydrogens is 208 g/mol. The molecule has 14 heavy (non-hydrogen) atoms. The van der Waals surface area contributed by atoms with Crippen LogP contribution in [0, 0.1) is 11.3 Å². The van der Waals surface area contributed by atoms with Gasteiger partial charge in [-0.25, -0.2) is 8.42 Å². The number of nitrogens with zero attached hydrogens (tertiary/aromatic N) is 2. The number of β-amino-alcohol motifs (C(OH)–C–C–N with tert-alkyl or cyclic N) is 2. The second kappa shape index (κ2) is 3.82. The van der Waals surface area contributed by atoms with Crippen LogP contribution >= 0.6 is 0 Å². The van der Waals surface area contributed by atoms with Gasteiger partial charge in [-0.3, -0.25) is 0 Å². The van der Waals surface area contributed by atoms with Crippen molar-refractivity contribution in [2.45, 2.75) is 24.4 Å². The maximum atomic E-state index is 11.5. The van der Waals surface area contributed by atoms with Crippen LogP contribution in [0.4, 0.5) is 0 Å². The minimum absolute atomic E-state index is 0.143. The first kappa shape index (κ1) is 11.4. The second-order valence-electron chi connectivity index (χ2n) is 3.27. The van der Waals surface area contributed by atoms with E-state index in [9.17, 15) is 8.42 Å². The highest BCUT2D eigenvalue weighted by atomic mass is 32.2. The second-order valence-corrected chi connectivity index (χ2v) is 5.52. The van der Waals surface area contributed by atoms with Crippen molar-refractivity contribution in [3.05, 3.63) is 0 Å². The van der Waals surface area contributed by atoms with Gasteiger partial charge < -0.3 is 10.2 Å². The number of nitriles is 1. The summed E-state index contributed by atoms with van der Waals surface area (Å²) < 4.78 is 24.0. The van der Waals surface area contributed by atoms with Crippen LogP contribution < -0.4 is 0 Å². The molecule has 0 aromatic carbocycles. The van der Waals surface area contributed by atoms with E-state index in [0.717, 1.165) is 4.31 Å². The summed E-state index contributed by atoms with van der Waals surface area (Å²) in [5.41, 5.74) is 0. The predicted molar refractivity (Wildman–Crippen MR) is 47.6 cm³/mol. The van der Waals surface area contributed by atoms with E-state index in [1.807, 2.05) is 0 Å². The van der Waals surface area contributed by atoms with Crippen LogP contribution in [0.5, 0.6) is 0 Å². The van der Waals surface area contributed by atoms with Crippen molar-refractivity contribution in [2.75, 3.05) is 13.1 Å². The largest absolute Gasteiger partial charge is 0.389 e. The summed E-state index contributed by atoms with van der Waals surface area (Å²) in [5.74, 6) is 0. The van der Waals surface area contributed by atoms with Crippen molar-refractivity contribution in [3.8, 4) is 6.07 Å². The van der Waals surface area contributed by atoms with Gasteiger partial charge >= 0.3 is 0 Å².